The van der Waals surface area contributed by atoms with E-state index in [0.717, 1.165) is 0 Å². The van der Waals surface area contributed by atoms with Gasteiger partial charge >= 0.3 is 0 Å². The molecule has 0 fully saturated rings. The average molecular weight is 328 g/mol. The standard InChI is InChI=1S/C14H18ClN3O4/c1-10(19)16-6-7-17-13(20)8-18-14(21)9-22-12-4-2-11(15)3-5-12/h2-5H,6-9H2,1H3,(H,16,19)(H,17,20)(H,18,21). The molecule has 0 spiro atoms. The largest absolute Gasteiger partial charge is 0.484 e. The summed E-state index contributed by atoms with van der Waals surface area (Å²) in [5.41, 5.74) is 0. The van der Waals surface area contributed by atoms with Crippen LogP contribution in [0.2, 0.25) is 5.02 Å². The molecule has 0 atom stereocenters. The number of ether oxygens (including phenoxy) is 1. The van der Waals surface area contributed by atoms with Crippen molar-refractivity contribution >= 4 is 29.3 Å². The van der Waals surface area contributed by atoms with Gasteiger partial charge in [0.1, 0.15) is 5.75 Å². The maximum absolute atomic E-state index is 11.5. The van der Waals surface area contributed by atoms with Crippen LogP contribution in [0.3, 0.4) is 0 Å². The van der Waals surface area contributed by atoms with E-state index in [-0.39, 0.29) is 25.0 Å². The summed E-state index contributed by atoms with van der Waals surface area (Å²) in [5.74, 6) is -0.404. The second kappa shape index (κ2) is 9.62. The van der Waals surface area contributed by atoms with Crippen LogP contribution >= 0.6 is 11.6 Å². The SMILES string of the molecule is CC(=O)NCCNC(=O)CNC(=O)COc1ccc(Cl)cc1. The summed E-state index contributed by atoms with van der Waals surface area (Å²) in [6.07, 6.45) is 0. The number of nitrogens with one attached hydrogen (secondary N) is 3. The fourth-order valence-electron chi connectivity index (χ4n) is 1.41. The van der Waals surface area contributed by atoms with Gasteiger partial charge in [0.05, 0.1) is 6.54 Å². The second-order valence-electron chi connectivity index (χ2n) is 4.35. The molecule has 3 N–H and O–H groups in total. The Hall–Kier alpha value is -2.28. The van der Waals surface area contributed by atoms with E-state index in [1.165, 1.54) is 6.92 Å². The van der Waals surface area contributed by atoms with Crippen LogP contribution in [0.4, 0.5) is 0 Å². The predicted octanol–water partition coefficient (Wildman–Crippen LogP) is 0.0873. The summed E-state index contributed by atoms with van der Waals surface area (Å²) in [7, 11) is 0. The van der Waals surface area contributed by atoms with E-state index in [1.807, 2.05) is 0 Å². The van der Waals surface area contributed by atoms with Gasteiger partial charge in [-0.1, -0.05) is 11.6 Å². The van der Waals surface area contributed by atoms with Gasteiger partial charge in [-0.25, -0.2) is 0 Å². The molecule has 0 aliphatic heterocycles. The van der Waals surface area contributed by atoms with Crippen molar-refractivity contribution in [3.8, 4) is 5.75 Å². The van der Waals surface area contributed by atoms with Crippen molar-refractivity contribution in [2.45, 2.75) is 6.92 Å². The van der Waals surface area contributed by atoms with Crippen molar-refractivity contribution < 1.29 is 19.1 Å². The zero-order chi connectivity index (χ0) is 16.4. The van der Waals surface area contributed by atoms with Crippen molar-refractivity contribution in [2.75, 3.05) is 26.2 Å². The molecule has 1 aromatic rings. The minimum atomic E-state index is -0.410. The lowest BCUT2D eigenvalue weighted by Gasteiger charge is -2.08. The van der Waals surface area contributed by atoms with Gasteiger partial charge in [0.25, 0.3) is 5.91 Å². The molecule has 0 aromatic heterocycles. The first-order chi connectivity index (χ1) is 10.5. The van der Waals surface area contributed by atoms with Crippen LogP contribution in [0, 0.1) is 0 Å². The monoisotopic (exact) mass is 327 g/mol. The van der Waals surface area contributed by atoms with Crippen LogP contribution in [0.15, 0.2) is 24.3 Å². The Bertz CT molecular complexity index is 519. The minimum Gasteiger partial charge on any atom is -0.484 e. The van der Waals surface area contributed by atoms with Crippen molar-refractivity contribution in [1.29, 1.82) is 0 Å². The van der Waals surface area contributed by atoms with E-state index in [9.17, 15) is 14.4 Å². The van der Waals surface area contributed by atoms with Gasteiger partial charge in [-0.15, -0.1) is 0 Å². The number of carbonyl (C=O) groups is 3. The Labute approximate surface area is 133 Å². The van der Waals surface area contributed by atoms with Crippen molar-refractivity contribution in [2.24, 2.45) is 0 Å². The molecule has 22 heavy (non-hydrogen) atoms. The summed E-state index contributed by atoms with van der Waals surface area (Å²) >= 11 is 5.73. The summed E-state index contributed by atoms with van der Waals surface area (Å²) in [6, 6.07) is 6.59. The zero-order valence-electron chi connectivity index (χ0n) is 12.1. The molecule has 1 rings (SSSR count). The Kier molecular flexibility index (Phi) is 7.77. The van der Waals surface area contributed by atoms with Crippen LogP contribution in [0.5, 0.6) is 5.75 Å². The van der Waals surface area contributed by atoms with E-state index in [1.54, 1.807) is 24.3 Å². The fraction of sp³-hybridized carbons (Fsp3) is 0.357. The molecule has 0 aliphatic carbocycles. The Morgan fingerprint density at radius 2 is 1.64 bits per heavy atom. The number of amides is 3. The summed E-state index contributed by atoms with van der Waals surface area (Å²) in [5, 5.41) is 8.09. The van der Waals surface area contributed by atoms with E-state index in [4.69, 9.17) is 16.3 Å². The quantitative estimate of drug-likeness (QED) is 0.589. The van der Waals surface area contributed by atoms with E-state index in [2.05, 4.69) is 16.0 Å². The number of halogens is 1. The maximum Gasteiger partial charge on any atom is 0.258 e. The summed E-state index contributed by atoms with van der Waals surface area (Å²) < 4.78 is 5.23. The van der Waals surface area contributed by atoms with Crippen LogP contribution in [-0.2, 0) is 14.4 Å². The van der Waals surface area contributed by atoms with E-state index < -0.39 is 5.91 Å². The summed E-state index contributed by atoms with van der Waals surface area (Å²) in [4.78, 5) is 33.5. The molecule has 8 heteroatoms. The molecule has 120 valence electrons. The first kappa shape index (κ1) is 17.8. The van der Waals surface area contributed by atoms with Crippen LogP contribution in [0.25, 0.3) is 0 Å². The normalized spacial score (nSPS) is 9.73. The average Bonchev–Trinajstić information content (AvgIpc) is 2.48. The molecular formula is C14H18ClN3O4. The molecule has 0 aliphatic rings. The highest BCUT2D eigenvalue weighted by molar-refractivity contribution is 6.30. The summed E-state index contributed by atoms with van der Waals surface area (Å²) in [6.45, 7) is 1.69. The smallest absolute Gasteiger partial charge is 0.258 e. The third-order valence-electron chi connectivity index (χ3n) is 2.45. The van der Waals surface area contributed by atoms with Gasteiger partial charge in [-0.05, 0) is 24.3 Å². The number of hydrogen-bond donors (Lipinski definition) is 3. The van der Waals surface area contributed by atoms with Crippen molar-refractivity contribution in [3.63, 3.8) is 0 Å². The Morgan fingerprint density at radius 1 is 1.00 bits per heavy atom. The van der Waals surface area contributed by atoms with Crippen LogP contribution in [0.1, 0.15) is 6.92 Å². The first-order valence-electron chi connectivity index (χ1n) is 6.63. The lowest BCUT2D eigenvalue weighted by atomic mass is 10.3. The fourth-order valence-corrected chi connectivity index (χ4v) is 1.54. The molecule has 0 unspecified atom stereocenters. The van der Waals surface area contributed by atoms with E-state index >= 15 is 0 Å². The second-order valence-corrected chi connectivity index (χ2v) is 4.79. The van der Waals surface area contributed by atoms with Crippen LogP contribution in [-0.4, -0.2) is 44.0 Å². The van der Waals surface area contributed by atoms with Gasteiger partial charge < -0.3 is 20.7 Å². The molecule has 0 radical (unpaired) electrons. The molecule has 3 amide bonds. The number of carbonyl (C=O) groups excluding carboxylic acids is 3. The van der Waals surface area contributed by atoms with Crippen LogP contribution < -0.4 is 20.7 Å². The predicted molar refractivity (Wildman–Crippen MR) is 81.7 cm³/mol. The molecule has 7 nitrogen and oxygen atoms in total. The third kappa shape index (κ3) is 8.11. The zero-order valence-corrected chi connectivity index (χ0v) is 12.9. The molecule has 0 heterocycles. The highest BCUT2D eigenvalue weighted by Crippen LogP contribution is 2.15. The first-order valence-corrected chi connectivity index (χ1v) is 7.01. The molecule has 0 saturated heterocycles. The van der Waals surface area contributed by atoms with Gasteiger partial charge in [0.15, 0.2) is 6.61 Å². The number of benzene rings is 1. The van der Waals surface area contributed by atoms with E-state index in [0.29, 0.717) is 23.9 Å². The minimum absolute atomic E-state index is 0.150. The lowest BCUT2D eigenvalue weighted by Crippen LogP contribution is -2.41. The third-order valence-corrected chi connectivity index (χ3v) is 2.70. The van der Waals surface area contributed by atoms with Gasteiger partial charge in [-0.2, -0.15) is 0 Å². The molecular weight excluding hydrogens is 310 g/mol. The van der Waals surface area contributed by atoms with Crippen molar-refractivity contribution in [3.05, 3.63) is 29.3 Å². The Morgan fingerprint density at radius 3 is 2.27 bits per heavy atom. The molecule has 0 saturated carbocycles. The highest BCUT2D eigenvalue weighted by Gasteiger charge is 2.06. The van der Waals surface area contributed by atoms with Gasteiger partial charge in [-0.3, -0.25) is 14.4 Å². The van der Waals surface area contributed by atoms with Gasteiger partial charge in [0, 0.05) is 25.0 Å². The van der Waals surface area contributed by atoms with Crippen molar-refractivity contribution in [1.82, 2.24) is 16.0 Å². The lowest BCUT2D eigenvalue weighted by molar-refractivity contribution is -0.127. The Balaban J connectivity index is 2.13. The maximum atomic E-state index is 11.5. The highest BCUT2D eigenvalue weighted by atomic mass is 35.5. The topological polar surface area (TPSA) is 96.5 Å². The molecule has 0 bridgehead atoms. The number of hydrogen-bond acceptors (Lipinski definition) is 4. The van der Waals surface area contributed by atoms with Gasteiger partial charge in [0.2, 0.25) is 11.8 Å². The molecule has 1 aromatic carbocycles. The number of rotatable bonds is 8.